The number of esters is 1. The van der Waals surface area contributed by atoms with Crippen LogP contribution in [0.15, 0.2) is 48.5 Å². The van der Waals surface area contributed by atoms with E-state index in [0.29, 0.717) is 35.8 Å². The number of carbonyl (C=O) groups excluding carboxylic acids is 2. The Morgan fingerprint density at radius 2 is 1.62 bits per heavy atom. The van der Waals surface area contributed by atoms with Gasteiger partial charge in [0.2, 0.25) is 0 Å². The summed E-state index contributed by atoms with van der Waals surface area (Å²) in [5.74, 6) is 0.434. The highest BCUT2D eigenvalue weighted by Gasteiger charge is 2.28. The highest BCUT2D eigenvalue weighted by Crippen LogP contribution is 2.23. The molecule has 26 heavy (non-hydrogen) atoms. The van der Waals surface area contributed by atoms with E-state index < -0.39 is 5.41 Å². The van der Waals surface area contributed by atoms with Crippen LogP contribution in [0.1, 0.15) is 36.2 Å². The molecular weight excluding hydrogens is 352 g/mol. The molecule has 0 aliphatic carbocycles. The summed E-state index contributed by atoms with van der Waals surface area (Å²) in [6.45, 7) is 4.03. The van der Waals surface area contributed by atoms with Crippen molar-refractivity contribution in [2.24, 2.45) is 5.41 Å². The summed E-state index contributed by atoms with van der Waals surface area (Å²) >= 11 is 5.85. The first kappa shape index (κ1) is 20.0. The first-order valence-corrected chi connectivity index (χ1v) is 8.78. The fraction of sp³-hybridized carbons (Fsp3) is 0.333. The van der Waals surface area contributed by atoms with E-state index >= 15 is 0 Å². The standard InChI is InChI=1S/C21H23ClO4/c1-21(2,20(24)25-3)12-13-26-18-10-6-16(7-11-18)19(23)14-15-4-8-17(22)9-5-15/h4-11H,12-14H2,1-3H3. The average molecular weight is 375 g/mol. The third-order valence-corrected chi connectivity index (χ3v) is 4.44. The smallest absolute Gasteiger partial charge is 0.311 e. The van der Waals surface area contributed by atoms with Crippen molar-refractivity contribution < 1.29 is 19.1 Å². The SMILES string of the molecule is COC(=O)C(C)(C)CCOc1ccc(C(=O)Cc2ccc(Cl)cc2)cc1. The normalized spacial score (nSPS) is 11.1. The van der Waals surface area contributed by atoms with Crippen molar-refractivity contribution in [3.8, 4) is 5.75 Å². The number of rotatable bonds is 8. The molecule has 2 aromatic carbocycles. The molecule has 0 fully saturated rings. The minimum atomic E-state index is -0.594. The fourth-order valence-corrected chi connectivity index (χ4v) is 2.56. The average Bonchev–Trinajstić information content (AvgIpc) is 2.63. The van der Waals surface area contributed by atoms with Crippen molar-refractivity contribution in [2.75, 3.05) is 13.7 Å². The molecule has 2 rings (SSSR count). The number of halogens is 1. The third-order valence-electron chi connectivity index (χ3n) is 4.19. The number of Topliss-reactive ketones (excluding diaryl/α,β-unsaturated/α-hetero) is 1. The van der Waals surface area contributed by atoms with Crippen molar-refractivity contribution in [2.45, 2.75) is 26.7 Å². The van der Waals surface area contributed by atoms with E-state index in [4.69, 9.17) is 21.1 Å². The van der Waals surface area contributed by atoms with Crippen LogP contribution in [0, 0.1) is 5.41 Å². The van der Waals surface area contributed by atoms with E-state index in [1.165, 1.54) is 7.11 Å². The number of hydrogen-bond acceptors (Lipinski definition) is 4. The van der Waals surface area contributed by atoms with Gasteiger partial charge in [-0.3, -0.25) is 9.59 Å². The minimum absolute atomic E-state index is 0.0331. The molecule has 0 spiro atoms. The maximum Gasteiger partial charge on any atom is 0.311 e. The predicted molar refractivity (Wildman–Crippen MR) is 102 cm³/mol. The lowest BCUT2D eigenvalue weighted by molar-refractivity contribution is -0.151. The van der Waals surface area contributed by atoms with E-state index in [-0.39, 0.29) is 11.8 Å². The van der Waals surface area contributed by atoms with Crippen LogP contribution in [0.2, 0.25) is 5.02 Å². The quantitative estimate of drug-likeness (QED) is 0.495. The monoisotopic (exact) mass is 374 g/mol. The Labute approximate surface area is 159 Å². The van der Waals surface area contributed by atoms with Crippen LogP contribution in [0.25, 0.3) is 0 Å². The molecule has 0 heterocycles. The van der Waals surface area contributed by atoms with Crippen LogP contribution >= 0.6 is 11.6 Å². The molecule has 0 radical (unpaired) electrons. The van der Waals surface area contributed by atoms with Gasteiger partial charge in [-0.05, 0) is 62.2 Å². The molecule has 0 atom stereocenters. The van der Waals surface area contributed by atoms with E-state index in [1.54, 1.807) is 36.4 Å². The lowest BCUT2D eigenvalue weighted by atomic mass is 9.90. The molecule has 0 amide bonds. The number of ether oxygens (including phenoxy) is 2. The van der Waals surface area contributed by atoms with Crippen LogP contribution in [0.5, 0.6) is 5.75 Å². The number of carbonyl (C=O) groups is 2. The van der Waals surface area contributed by atoms with Gasteiger partial charge in [0.15, 0.2) is 5.78 Å². The van der Waals surface area contributed by atoms with Gasteiger partial charge in [0.1, 0.15) is 5.75 Å². The minimum Gasteiger partial charge on any atom is -0.494 e. The summed E-state index contributed by atoms with van der Waals surface area (Å²) in [6.07, 6.45) is 0.863. The second kappa shape index (κ2) is 8.86. The Morgan fingerprint density at radius 1 is 1.00 bits per heavy atom. The maximum absolute atomic E-state index is 12.3. The molecule has 2 aromatic rings. The van der Waals surface area contributed by atoms with Gasteiger partial charge in [-0.2, -0.15) is 0 Å². The molecule has 4 nitrogen and oxygen atoms in total. The van der Waals surface area contributed by atoms with Crippen LogP contribution in [0.3, 0.4) is 0 Å². The largest absolute Gasteiger partial charge is 0.494 e. The van der Waals surface area contributed by atoms with Gasteiger partial charge in [-0.25, -0.2) is 0 Å². The Kier molecular flexibility index (Phi) is 6.81. The molecule has 0 N–H and O–H groups in total. The second-order valence-electron chi connectivity index (χ2n) is 6.72. The number of hydrogen-bond donors (Lipinski definition) is 0. The number of methoxy groups -OCH3 is 1. The van der Waals surface area contributed by atoms with Crippen LogP contribution in [0.4, 0.5) is 0 Å². The van der Waals surface area contributed by atoms with E-state index in [9.17, 15) is 9.59 Å². The first-order chi connectivity index (χ1) is 12.3. The molecule has 5 heteroatoms. The molecule has 0 aromatic heterocycles. The fourth-order valence-electron chi connectivity index (χ4n) is 2.43. The lowest BCUT2D eigenvalue weighted by Gasteiger charge is -2.21. The van der Waals surface area contributed by atoms with Gasteiger partial charge < -0.3 is 9.47 Å². The zero-order valence-corrected chi connectivity index (χ0v) is 16.0. The number of ketones is 1. The summed E-state index contributed by atoms with van der Waals surface area (Å²) in [7, 11) is 1.38. The Bertz CT molecular complexity index is 749. The Hall–Kier alpha value is -2.33. The Morgan fingerprint density at radius 3 is 2.19 bits per heavy atom. The molecule has 0 aliphatic heterocycles. The third kappa shape index (κ3) is 5.60. The second-order valence-corrected chi connectivity index (χ2v) is 7.16. The molecule has 138 valence electrons. The van der Waals surface area contributed by atoms with Crippen LogP contribution in [-0.2, 0) is 16.0 Å². The molecular formula is C21H23ClO4. The first-order valence-electron chi connectivity index (χ1n) is 8.41. The summed E-state index contributed by atoms with van der Waals surface area (Å²) in [5.41, 5.74) is 0.954. The molecule has 0 saturated carbocycles. The van der Waals surface area contributed by atoms with Gasteiger partial charge in [0.05, 0.1) is 19.1 Å². The zero-order valence-electron chi connectivity index (χ0n) is 15.3. The van der Waals surface area contributed by atoms with Crippen molar-refractivity contribution in [1.82, 2.24) is 0 Å². The van der Waals surface area contributed by atoms with Crippen molar-refractivity contribution in [3.63, 3.8) is 0 Å². The van der Waals surface area contributed by atoms with Gasteiger partial charge >= 0.3 is 5.97 Å². The van der Waals surface area contributed by atoms with Gasteiger partial charge in [-0.1, -0.05) is 23.7 Å². The summed E-state index contributed by atoms with van der Waals surface area (Å²) in [6, 6.07) is 14.3. The zero-order chi connectivity index (χ0) is 19.2. The lowest BCUT2D eigenvalue weighted by Crippen LogP contribution is -2.27. The summed E-state index contributed by atoms with van der Waals surface area (Å²) in [4.78, 5) is 24.0. The molecule has 0 bridgehead atoms. The summed E-state index contributed by atoms with van der Waals surface area (Å²) in [5, 5.41) is 0.651. The van der Waals surface area contributed by atoms with Crippen LogP contribution in [-0.4, -0.2) is 25.5 Å². The van der Waals surface area contributed by atoms with Crippen molar-refractivity contribution >= 4 is 23.4 Å². The summed E-state index contributed by atoms with van der Waals surface area (Å²) < 4.78 is 10.4. The highest BCUT2D eigenvalue weighted by atomic mass is 35.5. The topological polar surface area (TPSA) is 52.6 Å². The predicted octanol–water partition coefficient (Wildman–Crippen LogP) is 4.73. The van der Waals surface area contributed by atoms with Gasteiger partial charge in [0, 0.05) is 17.0 Å². The van der Waals surface area contributed by atoms with E-state index in [2.05, 4.69) is 0 Å². The Balaban J connectivity index is 1.88. The van der Waals surface area contributed by atoms with Crippen LogP contribution < -0.4 is 4.74 Å². The van der Waals surface area contributed by atoms with E-state index in [0.717, 1.165) is 5.56 Å². The number of benzene rings is 2. The molecule has 0 aliphatic rings. The van der Waals surface area contributed by atoms with Crippen molar-refractivity contribution in [3.05, 3.63) is 64.7 Å². The van der Waals surface area contributed by atoms with Gasteiger partial charge in [0.25, 0.3) is 0 Å². The molecule has 0 saturated heterocycles. The maximum atomic E-state index is 12.3. The molecule has 0 unspecified atom stereocenters. The highest BCUT2D eigenvalue weighted by molar-refractivity contribution is 6.30. The van der Waals surface area contributed by atoms with Gasteiger partial charge in [-0.15, -0.1) is 0 Å². The van der Waals surface area contributed by atoms with E-state index in [1.807, 2.05) is 26.0 Å². The van der Waals surface area contributed by atoms with Crippen molar-refractivity contribution in [1.29, 1.82) is 0 Å².